The molecule has 0 fully saturated rings. The van der Waals surface area contributed by atoms with Crippen molar-refractivity contribution in [3.05, 3.63) is 24.8 Å². The lowest BCUT2D eigenvalue weighted by Gasteiger charge is -2.34. The summed E-state index contributed by atoms with van der Waals surface area (Å²) in [5, 5.41) is 0. The zero-order valence-corrected chi connectivity index (χ0v) is 8.71. The Balaban J connectivity index is 4.22. The number of likely N-dealkylation sites (N-methyl/N-ethyl adjacent to an activating group) is 1. The van der Waals surface area contributed by atoms with Crippen molar-refractivity contribution in [1.82, 2.24) is 0 Å². The van der Waals surface area contributed by atoms with Crippen LogP contribution in [-0.4, -0.2) is 30.7 Å². The molecule has 0 N–H and O–H groups in total. The van der Waals surface area contributed by atoms with E-state index in [-0.39, 0.29) is 0 Å². The van der Waals surface area contributed by atoms with Crippen molar-refractivity contribution in [2.75, 3.05) is 26.2 Å². The molecule has 1 heteroatoms. The number of nitrogens with zero attached hydrogens (tertiary/aromatic N) is 1. The standard InChI is InChI=1S/C11H22N/c1-5-9-11-12(7-3,8-4)10-6-2/h5-6,9H,2,7-8,10-11H2,1,3-4H3/q+1. The molecule has 0 spiro atoms. The fourth-order valence-corrected chi connectivity index (χ4v) is 1.42. The summed E-state index contributed by atoms with van der Waals surface area (Å²) in [5.74, 6) is 0. The van der Waals surface area contributed by atoms with Crippen molar-refractivity contribution in [3.8, 4) is 0 Å². The topological polar surface area (TPSA) is 0 Å². The minimum absolute atomic E-state index is 1.08. The summed E-state index contributed by atoms with van der Waals surface area (Å²) < 4.78 is 1.13. The van der Waals surface area contributed by atoms with E-state index < -0.39 is 0 Å². The molecule has 0 amide bonds. The minimum Gasteiger partial charge on any atom is -0.318 e. The second-order valence-electron chi connectivity index (χ2n) is 3.20. The van der Waals surface area contributed by atoms with E-state index in [1.807, 2.05) is 6.08 Å². The summed E-state index contributed by atoms with van der Waals surface area (Å²) in [4.78, 5) is 0. The minimum atomic E-state index is 1.08. The molecule has 0 aliphatic rings. The molecule has 0 aromatic heterocycles. The first-order valence-corrected chi connectivity index (χ1v) is 4.81. The number of hydrogen-bond acceptors (Lipinski definition) is 0. The van der Waals surface area contributed by atoms with Gasteiger partial charge in [-0.05, 0) is 32.9 Å². The lowest BCUT2D eigenvalue weighted by Crippen LogP contribution is -2.47. The van der Waals surface area contributed by atoms with Crippen molar-refractivity contribution >= 4 is 0 Å². The molecular formula is C11H22N+. The second kappa shape index (κ2) is 6.01. The van der Waals surface area contributed by atoms with Gasteiger partial charge in [-0.2, -0.15) is 0 Å². The normalized spacial score (nSPS) is 12.2. The number of hydrogen-bond donors (Lipinski definition) is 0. The molecule has 70 valence electrons. The van der Waals surface area contributed by atoms with Crippen LogP contribution in [0.2, 0.25) is 0 Å². The maximum absolute atomic E-state index is 3.81. The van der Waals surface area contributed by atoms with Gasteiger partial charge in [0.15, 0.2) is 0 Å². The Morgan fingerprint density at radius 1 is 1.17 bits per heavy atom. The maximum Gasteiger partial charge on any atom is 0.0975 e. The van der Waals surface area contributed by atoms with Crippen LogP contribution in [0.25, 0.3) is 0 Å². The Hall–Kier alpha value is -0.560. The third-order valence-corrected chi connectivity index (χ3v) is 2.59. The molecule has 1 nitrogen and oxygen atoms in total. The van der Waals surface area contributed by atoms with Crippen molar-refractivity contribution in [1.29, 1.82) is 0 Å². The monoisotopic (exact) mass is 168 g/mol. The molecule has 0 saturated carbocycles. The van der Waals surface area contributed by atoms with E-state index in [2.05, 4.69) is 39.5 Å². The van der Waals surface area contributed by atoms with Gasteiger partial charge in [0, 0.05) is 0 Å². The Morgan fingerprint density at radius 2 is 1.75 bits per heavy atom. The Bertz CT molecular complexity index is 143. The molecule has 0 bridgehead atoms. The Labute approximate surface area is 77.0 Å². The molecule has 0 unspecified atom stereocenters. The molecule has 12 heavy (non-hydrogen) atoms. The highest BCUT2D eigenvalue weighted by Gasteiger charge is 2.18. The van der Waals surface area contributed by atoms with Gasteiger partial charge in [0.05, 0.1) is 26.2 Å². The van der Waals surface area contributed by atoms with Crippen LogP contribution in [0.5, 0.6) is 0 Å². The van der Waals surface area contributed by atoms with Crippen molar-refractivity contribution in [2.45, 2.75) is 20.8 Å². The van der Waals surface area contributed by atoms with Crippen molar-refractivity contribution in [2.24, 2.45) is 0 Å². The SMILES string of the molecule is C=CC[N+](CC)(CC)CC=CC. The molecule has 0 saturated heterocycles. The number of rotatable bonds is 6. The van der Waals surface area contributed by atoms with Gasteiger partial charge in [0.25, 0.3) is 0 Å². The first-order chi connectivity index (χ1) is 5.74. The van der Waals surface area contributed by atoms with Crippen LogP contribution in [0.4, 0.5) is 0 Å². The predicted octanol–water partition coefficient (Wildman–Crippen LogP) is 2.61. The van der Waals surface area contributed by atoms with E-state index in [0.29, 0.717) is 0 Å². The third-order valence-electron chi connectivity index (χ3n) is 2.59. The van der Waals surface area contributed by atoms with Gasteiger partial charge in [0.1, 0.15) is 0 Å². The Morgan fingerprint density at radius 3 is 2.08 bits per heavy atom. The highest BCUT2D eigenvalue weighted by atomic mass is 15.3. The van der Waals surface area contributed by atoms with E-state index in [4.69, 9.17) is 0 Å². The molecule has 0 aromatic rings. The summed E-state index contributed by atoms with van der Waals surface area (Å²) in [7, 11) is 0. The smallest absolute Gasteiger partial charge is 0.0975 e. The first-order valence-electron chi connectivity index (χ1n) is 4.81. The van der Waals surface area contributed by atoms with Gasteiger partial charge < -0.3 is 4.48 Å². The highest BCUT2D eigenvalue weighted by molar-refractivity contribution is 4.78. The van der Waals surface area contributed by atoms with Crippen LogP contribution < -0.4 is 0 Å². The van der Waals surface area contributed by atoms with E-state index in [0.717, 1.165) is 17.6 Å². The molecule has 0 aromatic carbocycles. The van der Waals surface area contributed by atoms with Crippen molar-refractivity contribution in [3.63, 3.8) is 0 Å². The maximum atomic E-state index is 3.81. The van der Waals surface area contributed by atoms with E-state index in [9.17, 15) is 0 Å². The van der Waals surface area contributed by atoms with Crippen LogP contribution in [0, 0.1) is 0 Å². The first kappa shape index (κ1) is 11.4. The lowest BCUT2D eigenvalue weighted by atomic mass is 10.3. The fourth-order valence-electron chi connectivity index (χ4n) is 1.42. The zero-order chi connectivity index (χ0) is 9.45. The van der Waals surface area contributed by atoms with Crippen LogP contribution in [0.1, 0.15) is 20.8 Å². The summed E-state index contributed by atoms with van der Waals surface area (Å²) in [5.41, 5.74) is 0. The van der Waals surface area contributed by atoms with E-state index >= 15 is 0 Å². The molecule has 0 aliphatic heterocycles. The predicted molar refractivity (Wildman–Crippen MR) is 56.1 cm³/mol. The van der Waals surface area contributed by atoms with Crippen LogP contribution >= 0.6 is 0 Å². The average Bonchev–Trinajstić information content (AvgIpc) is 2.13. The van der Waals surface area contributed by atoms with Gasteiger partial charge in [-0.1, -0.05) is 12.7 Å². The van der Waals surface area contributed by atoms with E-state index in [1.165, 1.54) is 13.1 Å². The third kappa shape index (κ3) is 3.22. The molecule has 0 aliphatic carbocycles. The molecule has 0 rings (SSSR count). The molecule has 0 radical (unpaired) electrons. The summed E-state index contributed by atoms with van der Waals surface area (Å²) >= 11 is 0. The van der Waals surface area contributed by atoms with Gasteiger partial charge in [-0.15, -0.1) is 0 Å². The van der Waals surface area contributed by atoms with Crippen LogP contribution in [0.15, 0.2) is 24.8 Å². The van der Waals surface area contributed by atoms with Gasteiger partial charge in [-0.3, -0.25) is 0 Å². The second-order valence-corrected chi connectivity index (χ2v) is 3.20. The Kier molecular flexibility index (Phi) is 5.73. The fraction of sp³-hybridized carbons (Fsp3) is 0.636. The number of quaternary nitrogens is 1. The zero-order valence-electron chi connectivity index (χ0n) is 8.71. The molecule has 0 heterocycles. The molecule has 0 atom stereocenters. The quantitative estimate of drug-likeness (QED) is 0.422. The number of allylic oxidation sites excluding steroid dienone is 1. The van der Waals surface area contributed by atoms with Gasteiger partial charge >= 0.3 is 0 Å². The lowest BCUT2D eigenvalue weighted by molar-refractivity contribution is -0.914. The summed E-state index contributed by atoms with van der Waals surface area (Å²) in [6.45, 7) is 15.0. The van der Waals surface area contributed by atoms with E-state index in [1.54, 1.807) is 0 Å². The largest absolute Gasteiger partial charge is 0.318 e. The summed E-state index contributed by atoms with van der Waals surface area (Å²) in [6.07, 6.45) is 6.40. The highest BCUT2D eigenvalue weighted by Crippen LogP contribution is 2.06. The van der Waals surface area contributed by atoms with Crippen molar-refractivity contribution < 1.29 is 4.48 Å². The summed E-state index contributed by atoms with van der Waals surface area (Å²) in [6, 6.07) is 0. The average molecular weight is 168 g/mol. The van der Waals surface area contributed by atoms with Crippen LogP contribution in [-0.2, 0) is 0 Å². The van der Waals surface area contributed by atoms with Gasteiger partial charge in [-0.25, -0.2) is 0 Å². The molecular weight excluding hydrogens is 146 g/mol. The van der Waals surface area contributed by atoms with Gasteiger partial charge in [0.2, 0.25) is 0 Å². The van der Waals surface area contributed by atoms with Crippen LogP contribution in [0.3, 0.4) is 0 Å².